The van der Waals surface area contributed by atoms with E-state index in [-0.39, 0.29) is 11.9 Å². The Morgan fingerprint density at radius 2 is 2.40 bits per heavy atom. The van der Waals surface area contributed by atoms with Crippen LogP contribution in [0.2, 0.25) is 0 Å². The first kappa shape index (κ1) is 14.3. The predicted molar refractivity (Wildman–Crippen MR) is 73.3 cm³/mol. The molecule has 7 nitrogen and oxygen atoms in total. The molecule has 1 atom stereocenters. The summed E-state index contributed by atoms with van der Waals surface area (Å²) in [5.74, 6) is 0.584. The quantitative estimate of drug-likeness (QED) is 0.826. The lowest BCUT2D eigenvalue weighted by Crippen LogP contribution is -2.29. The van der Waals surface area contributed by atoms with Gasteiger partial charge in [0.15, 0.2) is 5.82 Å². The summed E-state index contributed by atoms with van der Waals surface area (Å²) in [7, 11) is 1.64. The number of carbonyl (C=O) groups is 1. The number of hydrogen-bond acceptors (Lipinski definition) is 4. The molecule has 2 aromatic heterocycles. The van der Waals surface area contributed by atoms with Crippen molar-refractivity contribution in [1.82, 2.24) is 25.1 Å². The van der Waals surface area contributed by atoms with Crippen molar-refractivity contribution in [2.45, 2.75) is 26.4 Å². The lowest BCUT2D eigenvalue weighted by Gasteiger charge is -2.14. The summed E-state index contributed by atoms with van der Waals surface area (Å²) in [4.78, 5) is 15.1. The largest absolute Gasteiger partial charge is 0.383 e. The second-order valence-electron chi connectivity index (χ2n) is 4.59. The second-order valence-corrected chi connectivity index (χ2v) is 4.59. The normalized spacial score (nSPS) is 12.3. The molecular weight excluding hydrogens is 258 g/mol. The Balaban J connectivity index is 2.05. The number of rotatable bonds is 6. The minimum Gasteiger partial charge on any atom is -0.383 e. The summed E-state index contributed by atoms with van der Waals surface area (Å²) in [5.41, 5.74) is 1.48. The Morgan fingerprint density at radius 3 is 3.05 bits per heavy atom. The van der Waals surface area contributed by atoms with Crippen molar-refractivity contribution in [3.63, 3.8) is 0 Å². The van der Waals surface area contributed by atoms with Gasteiger partial charge in [0.2, 0.25) is 0 Å². The van der Waals surface area contributed by atoms with Crippen LogP contribution >= 0.6 is 0 Å². The molecule has 0 bridgehead atoms. The summed E-state index contributed by atoms with van der Waals surface area (Å²) < 4.78 is 6.91. The number of nitrogens with zero attached hydrogens (tertiary/aromatic N) is 3. The number of aryl methyl sites for hydroxylation is 1. The van der Waals surface area contributed by atoms with Gasteiger partial charge in [-0.15, -0.1) is 10.2 Å². The third-order valence-corrected chi connectivity index (χ3v) is 3.12. The molecule has 108 valence electrons. The van der Waals surface area contributed by atoms with Crippen molar-refractivity contribution in [2.24, 2.45) is 0 Å². The summed E-state index contributed by atoms with van der Waals surface area (Å²) in [5, 5.41) is 10.9. The molecule has 0 aliphatic heterocycles. The smallest absolute Gasteiger partial charge is 0.253 e. The number of amides is 1. The topological polar surface area (TPSA) is 84.8 Å². The average molecular weight is 277 g/mol. The maximum atomic E-state index is 12.1. The monoisotopic (exact) mass is 277 g/mol. The Bertz CT molecular complexity index is 575. The van der Waals surface area contributed by atoms with Gasteiger partial charge in [-0.25, -0.2) is 0 Å². The molecule has 0 aliphatic rings. The van der Waals surface area contributed by atoms with Crippen LogP contribution in [0.5, 0.6) is 0 Å². The van der Waals surface area contributed by atoms with Gasteiger partial charge in [0.25, 0.3) is 5.91 Å². The minimum atomic E-state index is -0.226. The number of hydrogen-bond donors (Lipinski definition) is 2. The fraction of sp³-hybridized carbons (Fsp3) is 0.462. The Morgan fingerprint density at radius 1 is 1.60 bits per heavy atom. The minimum absolute atomic E-state index is 0.127. The van der Waals surface area contributed by atoms with Crippen LogP contribution in [0, 0.1) is 6.92 Å². The van der Waals surface area contributed by atoms with E-state index in [1.165, 1.54) is 0 Å². The third-order valence-electron chi connectivity index (χ3n) is 3.12. The molecule has 2 N–H and O–H groups in total. The number of H-pyrrole nitrogens is 1. The van der Waals surface area contributed by atoms with Crippen LogP contribution in [0.3, 0.4) is 0 Å². The number of carbonyl (C=O) groups excluding carboxylic acids is 1. The summed E-state index contributed by atoms with van der Waals surface area (Å²) >= 11 is 0. The maximum Gasteiger partial charge on any atom is 0.253 e. The predicted octanol–water partition coefficient (Wildman–Crippen LogP) is 1.05. The molecule has 1 unspecified atom stereocenters. The van der Waals surface area contributed by atoms with Gasteiger partial charge in [0, 0.05) is 25.5 Å². The van der Waals surface area contributed by atoms with Gasteiger partial charge in [0.1, 0.15) is 6.33 Å². The van der Waals surface area contributed by atoms with Gasteiger partial charge < -0.3 is 19.6 Å². The number of aromatic amines is 1. The van der Waals surface area contributed by atoms with Gasteiger partial charge in [-0.3, -0.25) is 4.79 Å². The van der Waals surface area contributed by atoms with Crippen molar-refractivity contribution in [3.05, 3.63) is 35.7 Å². The molecule has 2 rings (SSSR count). The highest BCUT2D eigenvalue weighted by molar-refractivity contribution is 5.95. The highest BCUT2D eigenvalue weighted by atomic mass is 16.5. The Kier molecular flexibility index (Phi) is 4.52. The standard InChI is InChI=1S/C13H19N5O2/c1-9-11(4-5-14-9)13(19)16-10(2)12-17-15-8-18(12)6-7-20-3/h4-5,8,10,14H,6-7H2,1-3H3,(H,16,19). The molecule has 20 heavy (non-hydrogen) atoms. The van der Waals surface area contributed by atoms with E-state index in [0.717, 1.165) is 5.69 Å². The summed E-state index contributed by atoms with van der Waals surface area (Å²) in [6.45, 7) is 4.97. The van der Waals surface area contributed by atoms with E-state index < -0.39 is 0 Å². The second kappa shape index (κ2) is 6.33. The van der Waals surface area contributed by atoms with Gasteiger partial charge in [-0.1, -0.05) is 0 Å². The zero-order valence-electron chi connectivity index (χ0n) is 11.9. The molecule has 7 heteroatoms. The van der Waals surface area contributed by atoms with Crippen molar-refractivity contribution >= 4 is 5.91 Å². The van der Waals surface area contributed by atoms with E-state index in [1.54, 1.807) is 25.7 Å². The molecule has 0 saturated heterocycles. The highest BCUT2D eigenvalue weighted by Gasteiger charge is 2.17. The van der Waals surface area contributed by atoms with Crippen molar-refractivity contribution in [1.29, 1.82) is 0 Å². The summed E-state index contributed by atoms with van der Waals surface area (Å²) in [6.07, 6.45) is 3.38. The van der Waals surface area contributed by atoms with Crippen molar-refractivity contribution < 1.29 is 9.53 Å². The summed E-state index contributed by atoms with van der Waals surface area (Å²) in [6, 6.07) is 1.53. The first-order valence-corrected chi connectivity index (χ1v) is 6.45. The van der Waals surface area contributed by atoms with Gasteiger partial charge in [-0.2, -0.15) is 0 Å². The van der Waals surface area contributed by atoms with Crippen LogP contribution < -0.4 is 5.32 Å². The lowest BCUT2D eigenvalue weighted by molar-refractivity contribution is 0.0936. The van der Waals surface area contributed by atoms with Gasteiger partial charge in [-0.05, 0) is 19.9 Å². The van der Waals surface area contributed by atoms with Crippen molar-refractivity contribution in [2.75, 3.05) is 13.7 Å². The zero-order chi connectivity index (χ0) is 14.5. The van der Waals surface area contributed by atoms with Gasteiger partial charge >= 0.3 is 0 Å². The third kappa shape index (κ3) is 3.05. The van der Waals surface area contributed by atoms with E-state index in [4.69, 9.17) is 4.74 Å². The maximum absolute atomic E-state index is 12.1. The number of methoxy groups -OCH3 is 1. The van der Waals surface area contributed by atoms with Crippen molar-refractivity contribution in [3.8, 4) is 0 Å². The molecule has 0 saturated carbocycles. The van der Waals surface area contributed by atoms with E-state index in [1.807, 2.05) is 18.4 Å². The van der Waals surface area contributed by atoms with Crippen LogP contribution in [0.4, 0.5) is 0 Å². The molecular formula is C13H19N5O2. The lowest BCUT2D eigenvalue weighted by atomic mass is 10.2. The van der Waals surface area contributed by atoms with Crippen LogP contribution in [-0.4, -0.2) is 39.4 Å². The first-order chi connectivity index (χ1) is 9.63. The zero-order valence-corrected chi connectivity index (χ0v) is 11.9. The molecule has 0 spiro atoms. The molecule has 0 aliphatic carbocycles. The van der Waals surface area contributed by atoms with E-state index in [2.05, 4.69) is 20.5 Å². The Hall–Kier alpha value is -2.15. The molecule has 2 aromatic rings. The van der Waals surface area contributed by atoms with Crippen LogP contribution in [0.15, 0.2) is 18.6 Å². The first-order valence-electron chi connectivity index (χ1n) is 6.45. The van der Waals surface area contributed by atoms with Gasteiger partial charge in [0.05, 0.1) is 18.2 Å². The van der Waals surface area contributed by atoms with E-state index in [9.17, 15) is 4.79 Å². The van der Waals surface area contributed by atoms with Crippen LogP contribution in [0.1, 0.15) is 34.8 Å². The Labute approximate surface area is 117 Å². The number of ether oxygens (including phenoxy) is 1. The van der Waals surface area contributed by atoms with Crippen LogP contribution in [0.25, 0.3) is 0 Å². The van der Waals surface area contributed by atoms with E-state index in [0.29, 0.717) is 24.5 Å². The number of aromatic nitrogens is 4. The SMILES string of the molecule is COCCn1cnnc1C(C)NC(=O)c1cc[nH]c1C. The fourth-order valence-corrected chi connectivity index (χ4v) is 2.00. The molecule has 1 amide bonds. The highest BCUT2D eigenvalue weighted by Crippen LogP contribution is 2.12. The molecule has 2 heterocycles. The molecule has 0 radical (unpaired) electrons. The molecule has 0 aromatic carbocycles. The molecule has 0 fully saturated rings. The fourth-order valence-electron chi connectivity index (χ4n) is 2.00. The number of nitrogens with one attached hydrogen (secondary N) is 2. The van der Waals surface area contributed by atoms with E-state index >= 15 is 0 Å². The average Bonchev–Trinajstić information content (AvgIpc) is 3.04. The van der Waals surface area contributed by atoms with Crippen LogP contribution in [-0.2, 0) is 11.3 Å².